The van der Waals surface area contributed by atoms with E-state index in [1.165, 1.54) is 70.6 Å². The molecule has 1 aliphatic rings. The maximum absolute atomic E-state index is 2.56. The molecule has 0 heteroatoms. The van der Waals surface area contributed by atoms with Crippen LogP contribution in [0.1, 0.15) is 119 Å². The zero-order chi connectivity index (χ0) is 18.8. The Morgan fingerprint density at radius 1 is 0.600 bits per heavy atom. The predicted octanol–water partition coefficient (Wildman–Crippen LogP) is 8.74. The fraction of sp³-hybridized carbons (Fsp3) is 1.00. The maximum Gasteiger partial charge on any atom is -0.0383 e. The molecule has 0 saturated heterocycles. The molecule has 0 spiro atoms. The normalized spacial score (nSPS) is 24.8. The molecule has 0 heterocycles. The SMILES string of the molecule is CC(C)CCCCCC(C)C1CCC(C(C)C(C)CCCC(C)C)C1. The zero-order valence-electron chi connectivity index (χ0n) is 18.8. The molecule has 0 aromatic rings. The predicted molar refractivity (Wildman–Crippen MR) is 115 cm³/mol. The van der Waals surface area contributed by atoms with Crippen molar-refractivity contribution in [1.29, 1.82) is 0 Å². The van der Waals surface area contributed by atoms with Crippen LogP contribution in [0, 0.1) is 41.4 Å². The monoisotopic (exact) mass is 350 g/mol. The first-order valence-electron chi connectivity index (χ1n) is 11.8. The van der Waals surface area contributed by atoms with Crippen LogP contribution in [-0.2, 0) is 0 Å². The third kappa shape index (κ3) is 9.48. The largest absolute Gasteiger partial charge is 0.0628 e. The van der Waals surface area contributed by atoms with E-state index >= 15 is 0 Å². The van der Waals surface area contributed by atoms with E-state index in [2.05, 4.69) is 48.5 Å². The van der Waals surface area contributed by atoms with Gasteiger partial charge < -0.3 is 0 Å². The van der Waals surface area contributed by atoms with Crippen molar-refractivity contribution in [2.75, 3.05) is 0 Å². The second-order valence-corrected chi connectivity index (χ2v) is 10.5. The Morgan fingerprint density at radius 2 is 1.16 bits per heavy atom. The number of unbranched alkanes of at least 4 members (excludes halogenated alkanes) is 2. The summed E-state index contributed by atoms with van der Waals surface area (Å²) in [5.74, 6) is 6.64. The third-order valence-electron chi connectivity index (χ3n) is 7.34. The van der Waals surface area contributed by atoms with Crippen LogP contribution in [-0.4, -0.2) is 0 Å². The van der Waals surface area contributed by atoms with E-state index in [1.54, 1.807) is 0 Å². The summed E-state index contributed by atoms with van der Waals surface area (Å²) in [4.78, 5) is 0. The van der Waals surface area contributed by atoms with Gasteiger partial charge in [0.05, 0.1) is 0 Å². The topological polar surface area (TPSA) is 0 Å². The average Bonchev–Trinajstić information content (AvgIpc) is 3.02. The molecule has 0 aliphatic heterocycles. The van der Waals surface area contributed by atoms with E-state index in [-0.39, 0.29) is 0 Å². The van der Waals surface area contributed by atoms with E-state index in [0.29, 0.717) is 0 Å². The second-order valence-electron chi connectivity index (χ2n) is 10.5. The van der Waals surface area contributed by atoms with Crippen LogP contribution in [0.4, 0.5) is 0 Å². The van der Waals surface area contributed by atoms with Gasteiger partial charge in [-0.2, -0.15) is 0 Å². The Kier molecular flexibility index (Phi) is 11.4. The third-order valence-corrected chi connectivity index (χ3v) is 7.34. The summed E-state index contributed by atoms with van der Waals surface area (Å²) >= 11 is 0. The van der Waals surface area contributed by atoms with E-state index in [9.17, 15) is 0 Å². The van der Waals surface area contributed by atoms with Crippen molar-refractivity contribution < 1.29 is 0 Å². The van der Waals surface area contributed by atoms with Crippen LogP contribution in [0.2, 0.25) is 0 Å². The maximum atomic E-state index is 2.56. The molecule has 0 amide bonds. The Balaban J connectivity index is 2.22. The van der Waals surface area contributed by atoms with Crippen molar-refractivity contribution in [3.8, 4) is 0 Å². The molecule has 0 nitrogen and oxygen atoms in total. The molecule has 0 N–H and O–H groups in total. The van der Waals surface area contributed by atoms with Crippen LogP contribution in [0.15, 0.2) is 0 Å². The Morgan fingerprint density at radius 3 is 1.80 bits per heavy atom. The molecule has 5 unspecified atom stereocenters. The van der Waals surface area contributed by atoms with E-state index in [0.717, 1.165) is 41.4 Å². The van der Waals surface area contributed by atoms with Crippen LogP contribution < -0.4 is 0 Å². The molecule has 0 bridgehead atoms. The number of hydrogen-bond donors (Lipinski definition) is 0. The number of rotatable bonds is 13. The van der Waals surface area contributed by atoms with Gasteiger partial charge in [-0.15, -0.1) is 0 Å². The summed E-state index contributed by atoms with van der Waals surface area (Å²) in [6, 6.07) is 0. The lowest BCUT2D eigenvalue weighted by atomic mass is 9.79. The van der Waals surface area contributed by atoms with Gasteiger partial charge in [0.15, 0.2) is 0 Å². The van der Waals surface area contributed by atoms with Crippen LogP contribution in [0.5, 0.6) is 0 Å². The summed E-state index contributed by atoms with van der Waals surface area (Å²) in [7, 11) is 0. The van der Waals surface area contributed by atoms with Crippen molar-refractivity contribution in [3.05, 3.63) is 0 Å². The second kappa shape index (κ2) is 12.4. The van der Waals surface area contributed by atoms with Gasteiger partial charge >= 0.3 is 0 Å². The van der Waals surface area contributed by atoms with Gasteiger partial charge in [-0.05, 0) is 60.7 Å². The smallest absolute Gasteiger partial charge is 0.0383 e. The number of hydrogen-bond acceptors (Lipinski definition) is 0. The van der Waals surface area contributed by atoms with Crippen molar-refractivity contribution >= 4 is 0 Å². The lowest BCUT2D eigenvalue weighted by molar-refractivity contribution is 0.230. The van der Waals surface area contributed by atoms with Crippen molar-refractivity contribution in [2.24, 2.45) is 41.4 Å². The Labute approximate surface area is 160 Å². The van der Waals surface area contributed by atoms with Gasteiger partial charge in [-0.1, -0.05) is 99.8 Å². The average molecular weight is 351 g/mol. The standard InChI is InChI=1S/C25H50/c1-19(2)12-9-8-10-14-22(6)24-16-17-25(18-24)23(7)21(5)15-11-13-20(3)4/h19-25H,8-18H2,1-7H3. The molecule has 1 fully saturated rings. The summed E-state index contributed by atoms with van der Waals surface area (Å²) in [6.45, 7) is 17.1. The van der Waals surface area contributed by atoms with Crippen molar-refractivity contribution in [1.82, 2.24) is 0 Å². The van der Waals surface area contributed by atoms with Crippen molar-refractivity contribution in [2.45, 2.75) is 119 Å². The highest BCUT2D eigenvalue weighted by Crippen LogP contribution is 2.43. The molecule has 150 valence electrons. The minimum absolute atomic E-state index is 0.875. The summed E-state index contributed by atoms with van der Waals surface area (Å²) in [5, 5.41) is 0. The van der Waals surface area contributed by atoms with E-state index in [1.807, 2.05) is 0 Å². The Hall–Kier alpha value is 0. The quantitative estimate of drug-likeness (QED) is 0.291. The molecule has 1 rings (SSSR count). The molecule has 1 aliphatic carbocycles. The molecule has 25 heavy (non-hydrogen) atoms. The molecular weight excluding hydrogens is 300 g/mol. The molecule has 0 aromatic carbocycles. The first-order chi connectivity index (χ1) is 11.8. The van der Waals surface area contributed by atoms with Gasteiger partial charge in [0.2, 0.25) is 0 Å². The fourth-order valence-corrected chi connectivity index (χ4v) is 5.05. The highest BCUT2D eigenvalue weighted by atomic mass is 14.4. The van der Waals surface area contributed by atoms with Crippen molar-refractivity contribution in [3.63, 3.8) is 0 Å². The van der Waals surface area contributed by atoms with Gasteiger partial charge in [-0.25, -0.2) is 0 Å². The van der Waals surface area contributed by atoms with Gasteiger partial charge in [0.1, 0.15) is 0 Å². The summed E-state index contributed by atoms with van der Waals surface area (Å²) < 4.78 is 0. The molecule has 5 atom stereocenters. The zero-order valence-corrected chi connectivity index (χ0v) is 18.8. The van der Waals surface area contributed by atoms with E-state index in [4.69, 9.17) is 0 Å². The minimum Gasteiger partial charge on any atom is -0.0628 e. The molecule has 0 radical (unpaired) electrons. The first kappa shape index (κ1) is 23.0. The molecule has 0 aromatic heterocycles. The first-order valence-corrected chi connectivity index (χ1v) is 11.8. The molecular formula is C25H50. The lowest BCUT2D eigenvalue weighted by Gasteiger charge is -2.27. The van der Waals surface area contributed by atoms with Gasteiger partial charge in [0.25, 0.3) is 0 Å². The van der Waals surface area contributed by atoms with Gasteiger partial charge in [-0.3, -0.25) is 0 Å². The van der Waals surface area contributed by atoms with E-state index < -0.39 is 0 Å². The van der Waals surface area contributed by atoms with Crippen LogP contribution >= 0.6 is 0 Å². The van der Waals surface area contributed by atoms with Gasteiger partial charge in [0, 0.05) is 0 Å². The van der Waals surface area contributed by atoms with Crippen LogP contribution in [0.25, 0.3) is 0 Å². The lowest BCUT2D eigenvalue weighted by Crippen LogP contribution is -2.18. The van der Waals surface area contributed by atoms with Crippen LogP contribution in [0.3, 0.4) is 0 Å². The highest BCUT2D eigenvalue weighted by molar-refractivity contribution is 4.83. The Bertz CT molecular complexity index is 316. The highest BCUT2D eigenvalue weighted by Gasteiger charge is 2.33. The summed E-state index contributed by atoms with van der Waals surface area (Å²) in [5.41, 5.74) is 0. The summed E-state index contributed by atoms with van der Waals surface area (Å²) in [6.07, 6.45) is 16.1. The minimum atomic E-state index is 0.875. The fourth-order valence-electron chi connectivity index (χ4n) is 5.05. The molecule has 1 saturated carbocycles.